The van der Waals surface area contributed by atoms with Crippen LogP contribution in [0.3, 0.4) is 0 Å². The van der Waals surface area contributed by atoms with E-state index in [0.29, 0.717) is 12.3 Å². The molecule has 0 aliphatic rings. The lowest BCUT2D eigenvalue weighted by molar-refractivity contribution is 0.0519. The molecule has 14 heavy (non-hydrogen) atoms. The number of aromatic nitrogens is 1. The number of aromatic amines is 1. The summed E-state index contributed by atoms with van der Waals surface area (Å²) in [5, 5.41) is 0. The quantitative estimate of drug-likeness (QED) is 0.741. The zero-order valence-corrected chi connectivity index (χ0v) is 9.60. The van der Waals surface area contributed by atoms with Gasteiger partial charge < -0.3 is 9.72 Å². The molecule has 0 aromatic carbocycles. The summed E-state index contributed by atoms with van der Waals surface area (Å²) in [4.78, 5) is 14.2. The van der Waals surface area contributed by atoms with Crippen LogP contribution < -0.4 is 0 Å². The smallest absolute Gasteiger partial charge is 0.355 e. The summed E-state index contributed by atoms with van der Waals surface area (Å²) in [6.45, 7) is 10.0. The monoisotopic (exact) mass is 197 g/mol. The van der Waals surface area contributed by atoms with Crippen LogP contribution in [0.2, 0.25) is 0 Å². The van der Waals surface area contributed by atoms with E-state index in [4.69, 9.17) is 4.74 Å². The Hall–Kier alpha value is -1.25. The summed E-state index contributed by atoms with van der Waals surface area (Å²) in [6.07, 6.45) is 0. The molecule has 0 aliphatic heterocycles. The molecular weight excluding hydrogens is 178 g/mol. The van der Waals surface area contributed by atoms with Gasteiger partial charge in [0.2, 0.25) is 0 Å². The van der Waals surface area contributed by atoms with Crippen molar-refractivity contribution < 1.29 is 9.53 Å². The molecular formula is C11H19NO2. The second kappa shape index (κ2) is 6.24. The Morgan fingerprint density at radius 2 is 2.00 bits per heavy atom. The Balaban J connectivity index is 0.000000791. The number of ether oxygens (including phenoxy) is 1. The first-order chi connectivity index (χ1) is 6.65. The van der Waals surface area contributed by atoms with Crippen molar-refractivity contribution in [3.63, 3.8) is 0 Å². The highest BCUT2D eigenvalue weighted by molar-refractivity contribution is 5.89. The highest BCUT2D eigenvalue weighted by Crippen LogP contribution is 2.09. The van der Waals surface area contributed by atoms with Crippen LogP contribution in [0.1, 0.15) is 42.5 Å². The van der Waals surface area contributed by atoms with Crippen molar-refractivity contribution in [1.29, 1.82) is 0 Å². The Kier molecular flexibility index (Phi) is 5.68. The summed E-state index contributed by atoms with van der Waals surface area (Å²) >= 11 is 0. The van der Waals surface area contributed by atoms with Gasteiger partial charge in [-0.05, 0) is 32.4 Å². The van der Waals surface area contributed by atoms with Crippen LogP contribution in [0.4, 0.5) is 0 Å². The minimum Gasteiger partial charge on any atom is -0.461 e. The molecule has 0 aliphatic carbocycles. The van der Waals surface area contributed by atoms with Crippen LogP contribution in [0.5, 0.6) is 0 Å². The number of hydrogen-bond acceptors (Lipinski definition) is 2. The van der Waals surface area contributed by atoms with Crippen molar-refractivity contribution in [3.05, 3.63) is 23.0 Å². The highest BCUT2D eigenvalue weighted by atomic mass is 16.5. The van der Waals surface area contributed by atoms with Gasteiger partial charge >= 0.3 is 5.97 Å². The number of nitrogens with one attached hydrogen (secondary N) is 1. The molecule has 1 N–H and O–H groups in total. The zero-order chi connectivity index (χ0) is 11.1. The zero-order valence-electron chi connectivity index (χ0n) is 9.60. The molecule has 0 amide bonds. The molecule has 0 spiro atoms. The van der Waals surface area contributed by atoms with Gasteiger partial charge in [0.25, 0.3) is 0 Å². The fourth-order valence-corrected chi connectivity index (χ4v) is 1.14. The minimum atomic E-state index is -0.275. The van der Waals surface area contributed by atoms with Crippen LogP contribution in [0, 0.1) is 13.8 Å². The first-order valence-electron chi connectivity index (χ1n) is 4.98. The summed E-state index contributed by atoms with van der Waals surface area (Å²) < 4.78 is 4.85. The molecule has 0 atom stereocenters. The number of hydrogen-bond donors (Lipinski definition) is 1. The van der Waals surface area contributed by atoms with E-state index in [0.717, 1.165) is 11.3 Å². The van der Waals surface area contributed by atoms with Gasteiger partial charge in [-0.2, -0.15) is 0 Å². The second-order valence-electron chi connectivity index (χ2n) is 2.73. The maximum Gasteiger partial charge on any atom is 0.355 e. The lowest BCUT2D eigenvalue weighted by Gasteiger charge is -1.99. The Labute approximate surface area is 85.5 Å². The molecule has 1 rings (SSSR count). The SMILES string of the molecule is CC.CCOC(=O)c1[nH]c(C)cc1C. The maximum atomic E-state index is 11.2. The van der Waals surface area contributed by atoms with E-state index in [2.05, 4.69) is 4.98 Å². The van der Waals surface area contributed by atoms with Gasteiger partial charge in [0.1, 0.15) is 5.69 Å². The maximum absolute atomic E-state index is 11.2. The molecule has 1 heterocycles. The summed E-state index contributed by atoms with van der Waals surface area (Å²) in [5.41, 5.74) is 2.48. The third kappa shape index (κ3) is 3.24. The van der Waals surface area contributed by atoms with Gasteiger partial charge in [-0.25, -0.2) is 4.79 Å². The largest absolute Gasteiger partial charge is 0.461 e. The van der Waals surface area contributed by atoms with E-state index in [1.54, 1.807) is 6.92 Å². The molecule has 0 saturated carbocycles. The molecule has 0 unspecified atom stereocenters. The van der Waals surface area contributed by atoms with E-state index in [-0.39, 0.29) is 5.97 Å². The number of H-pyrrole nitrogens is 1. The third-order valence-electron chi connectivity index (χ3n) is 1.63. The van der Waals surface area contributed by atoms with Crippen molar-refractivity contribution in [2.45, 2.75) is 34.6 Å². The van der Waals surface area contributed by atoms with Crippen LogP contribution in [0.15, 0.2) is 6.07 Å². The van der Waals surface area contributed by atoms with E-state index in [9.17, 15) is 4.79 Å². The van der Waals surface area contributed by atoms with Gasteiger partial charge in [-0.15, -0.1) is 0 Å². The van der Waals surface area contributed by atoms with Gasteiger partial charge in [0.05, 0.1) is 6.61 Å². The van der Waals surface area contributed by atoms with E-state index >= 15 is 0 Å². The number of carbonyl (C=O) groups is 1. The van der Waals surface area contributed by atoms with Crippen molar-refractivity contribution in [1.82, 2.24) is 4.98 Å². The van der Waals surface area contributed by atoms with Gasteiger partial charge in [0.15, 0.2) is 0 Å². The predicted octanol–water partition coefficient (Wildman–Crippen LogP) is 2.83. The molecule has 1 aromatic rings. The second-order valence-corrected chi connectivity index (χ2v) is 2.73. The van der Waals surface area contributed by atoms with Crippen LogP contribution >= 0.6 is 0 Å². The fraction of sp³-hybridized carbons (Fsp3) is 0.545. The number of rotatable bonds is 2. The molecule has 3 nitrogen and oxygen atoms in total. The van der Waals surface area contributed by atoms with E-state index in [1.165, 1.54) is 0 Å². The molecule has 0 saturated heterocycles. The Morgan fingerprint density at radius 3 is 2.36 bits per heavy atom. The van der Waals surface area contributed by atoms with Crippen LogP contribution in [0.25, 0.3) is 0 Å². The van der Waals surface area contributed by atoms with Gasteiger partial charge in [-0.3, -0.25) is 0 Å². The minimum absolute atomic E-state index is 0.275. The van der Waals surface area contributed by atoms with Crippen LogP contribution in [-0.2, 0) is 4.74 Å². The summed E-state index contributed by atoms with van der Waals surface area (Å²) in [7, 11) is 0. The normalized spacial score (nSPS) is 8.93. The molecule has 0 fully saturated rings. The fourth-order valence-electron chi connectivity index (χ4n) is 1.14. The van der Waals surface area contributed by atoms with Crippen molar-refractivity contribution in [2.75, 3.05) is 6.61 Å². The topological polar surface area (TPSA) is 42.1 Å². The average molecular weight is 197 g/mol. The number of aryl methyl sites for hydroxylation is 2. The van der Waals surface area contributed by atoms with Crippen molar-refractivity contribution in [2.24, 2.45) is 0 Å². The summed E-state index contributed by atoms with van der Waals surface area (Å²) in [6, 6.07) is 1.92. The van der Waals surface area contributed by atoms with Gasteiger partial charge in [-0.1, -0.05) is 13.8 Å². The van der Waals surface area contributed by atoms with Gasteiger partial charge in [0, 0.05) is 5.69 Å². The third-order valence-corrected chi connectivity index (χ3v) is 1.63. The van der Waals surface area contributed by atoms with Crippen LogP contribution in [-0.4, -0.2) is 17.6 Å². The van der Waals surface area contributed by atoms with Crippen molar-refractivity contribution in [3.8, 4) is 0 Å². The number of carbonyl (C=O) groups excluding carboxylic acids is 1. The molecule has 3 heteroatoms. The molecule has 0 radical (unpaired) electrons. The first-order valence-corrected chi connectivity index (χ1v) is 4.98. The Morgan fingerprint density at radius 1 is 1.43 bits per heavy atom. The average Bonchev–Trinajstić information content (AvgIpc) is 2.49. The highest BCUT2D eigenvalue weighted by Gasteiger charge is 2.11. The number of esters is 1. The lowest BCUT2D eigenvalue weighted by Crippen LogP contribution is -2.06. The van der Waals surface area contributed by atoms with Crippen molar-refractivity contribution >= 4 is 5.97 Å². The first kappa shape index (κ1) is 12.8. The Bertz CT molecular complexity index is 289. The predicted molar refractivity (Wildman–Crippen MR) is 57.6 cm³/mol. The molecule has 0 bridgehead atoms. The standard InChI is InChI=1S/C9H13NO2.C2H6/c1-4-12-9(11)8-6(2)5-7(3)10-8;1-2/h5,10H,4H2,1-3H3;1-2H3. The summed E-state index contributed by atoms with van der Waals surface area (Å²) in [5.74, 6) is -0.275. The lowest BCUT2D eigenvalue weighted by atomic mass is 10.3. The van der Waals surface area contributed by atoms with E-state index < -0.39 is 0 Å². The van der Waals surface area contributed by atoms with E-state index in [1.807, 2.05) is 33.8 Å². The molecule has 80 valence electrons. The molecule has 1 aromatic heterocycles.